The Morgan fingerprint density at radius 1 is 0.792 bits per heavy atom. The molecule has 1 rings (SSSR count). The first-order valence-electron chi connectivity index (χ1n) is 7.44. The summed E-state index contributed by atoms with van der Waals surface area (Å²) in [6.45, 7) is 7.92. The second-order valence-corrected chi connectivity index (χ2v) is 11.1. The lowest BCUT2D eigenvalue weighted by Crippen LogP contribution is -2.04. The highest BCUT2D eigenvalue weighted by molar-refractivity contribution is 8.83. The summed E-state index contributed by atoms with van der Waals surface area (Å²) in [6, 6.07) is 8.62. The lowest BCUT2D eigenvalue weighted by atomic mass is 10.2. The molecule has 0 amide bonds. The topological polar surface area (TPSA) is 18.5 Å². The van der Waals surface area contributed by atoms with Crippen LogP contribution in [0.5, 0.6) is 0 Å². The van der Waals surface area contributed by atoms with E-state index in [1.165, 1.54) is 32.7 Å². The summed E-state index contributed by atoms with van der Waals surface area (Å²) in [6.07, 6.45) is 0.276. The normalized spacial score (nSPS) is 10.9. The molecule has 0 atom stereocenters. The van der Waals surface area contributed by atoms with Crippen LogP contribution in [0.4, 0.5) is 0 Å². The average Bonchev–Trinajstić information content (AvgIpc) is 2.47. The van der Waals surface area contributed by atoms with E-state index in [4.69, 9.17) is 33.9 Å². The van der Waals surface area contributed by atoms with Gasteiger partial charge in [0.15, 0.2) is 0 Å². The molecule has 0 saturated heterocycles. The molecule has 0 bridgehead atoms. The summed E-state index contributed by atoms with van der Waals surface area (Å²) >= 11 is 10.3. The summed E-state index contributed by atoms with van der Waals surface area (Å²) < 4.78 is 12.1. The number of benzene rings is 1. The van der Waals surface area contributed by atoms with Gasteiger partial charge in [-0.3, -0.25) is 0 Å². The van der Waals surface area contributed by atoms with E-state index < -0.39 is 0 Å². The van der Waals surface area contributed by atoms with Gasteiger partial charge in [0, 0.05) is 11.5 Å². The summed E-state index contributed by atoms with van der Waals surface area (Å²) in [7, 11) is 6.43. The number of rotatable bonds is 8. The first-order chi connectivity index (χ1) is 11.4. The molecule has 0 aromatic heterocycles. The third-order valence-electron chi connectivity index (χ3n) is 2.39. The molecule has 1 aromatic carbocycles. The predicted octanol–water partition coefficient (Wildman–Crippen LogP) is 6.87. The van der Waals surface area contributed by atoms with Gasteiger partial charge in [-0.05, 0) is 84.8 Å². The number of thiocarbonyl (C=S) groups is 2. The molecule has 24 heavy (non-hydrogen) atoms. The zero-order chi connectivity index (χ0) is 17.9. The van der Waals surface area contributed by atoms with Crippen molar-refractivity contribution in [1.29, 1.82) is 0 Å². The number of hydrogen-bond acceptors (Lipinski definition) is 8. The highest BCUT2D eigenvalue weighted by atomic mass is 33.1. The van der Waals surface area contributed by atoms with Crippen LogP contribution in [-0.4, -0.2) is 21.0 Å². The molecule has 2 nitrogen and oxygen atoms in total. The number of hydrogen-bond donors (Lipinski definition) is 0. The van der Waals surface area contributed by atoms with E-state index in [2.05, 4.69) is 24.3 Å². The maximum atomic E-state index is 5.44. The van der Waals surface area contributed by atoms with E-state index in [1.807, 2.05) is 27.7 Å². The van der Waals surface area contributed by atoms with Crippen LogP contribution in [-0.2, 0) is 21.0 Å². The molecule has 0 heterocycles. The van der Waals surface area contributed by atoms with Gasteiger partial charge in [-0.2, -0.15) is 0 Å². The summed E-state index contributed by atoms with van der Waals surface area (Å²) in [5, 5.41) is 0. The van der Waals surface area contributed by atoms with E-state index >= 15 is 0 Å². The molecule has 0 unspecified atom stereocenters. The van der Waals surface area contributed by atoms with Gasteiger partial charge >= 0.3 is 0 Å². The molecule has 0 saturated carbocycles. The van der Waals surface area contributed by atoms with Crippen molar-refractivity contribution >= 4 is 76.4 Å². The molecule has 8 heteroatoms. The van der Waals surface area contributed by atoms with Crippen LogP contribution < -0.4 is 0 Å². The monoisotopic (exact) mass is 438 g/mol. The predicted molar refractivity (Wildman–Crippen MR) is 122 cm³/mol. The lowest BCUT2D eigenvalue weighted by molar-refractivity contribution is 0.243. The first-order valence-corrected chi connectivity index (χ1v) is 12.9. The third-order valence-corrected chi connectivity index (χ3v) is 7.64. The van der Waals surface area contributed by atoms with Crippen molar-refractivity contribution in [2.24, 2.45) is 0 Å². The third kappa shape index (κ3) is 11.1. The van der Waals surface area contributed by atoms with Gasteiger partial charge in [-0.25, -0.2) is 0 Å². The molecular weight excluding hydrogens is 417 g/mol. The van der Waals surface area contributed by atoms with Crippen LogP contribution in [0, 0.1) is 0 Å². The molecule has 0 spiro atoms. The van der Waals surface area contributed by atoms with Crippen molar-refractivity contribution in [1.82, 2.24) is 0 Å². The minimum absolute atomic E-state index is 0.138. The Balaban J connectivity index is 2.25. The highest BCUT2D eigenvalue weighted by Crippen LogP contribution is 2.30. The van der Waals surface area contributed by atoms with Crippen molar-refractivity contribution in [2.45, 2.75) is 51.4 Å². The van der Waals surface area contributed by atoms with Gasteiger partial charge < -0.3 is 9.47 Å². The molecule has 0 radical (unpaired) electrons. The fraction of sp³-hybridized carbons (Fsp3) is 0.500. The molecule has 1 aromatic rings. The van der Waals surface area contributed by atoms with E-state index in [1.54, 1.807) is 21.6 Å². The Morgan fingerprint density at radius 3 is 1.42 bits per heavy atom. The lowest BCUT2D eigenvalue weighted by Gasteiger charge is -2.10. The Morgan fingerprint density at radius 2 is 1.12 bits per heavy atom. The van der Waals surface area contributed by atoms with Gasteiger partial charge in [-0.1, -0.05) is 45.9 Å². The summed E-state index contributed by atoms with van der Waals surface area (Å²) in [5.41, 5.74) is 2.56. The van der Waals surface area contributed by atoms with Crippen LogP contribution in [0.25, 0.3) is 0 Å². The van der Waals surface area contributed by atoms with E-state index in [9.17, 15) is 0 Å². The summed E-state index contributed by atoms with van der Waals surface area (Å²) in [5.74, 6) is 1.81. The minimum Gasteiger partial charge on any atom is -0.475 e. The van der Waals surface area contributed by atoms with Crippen LogP contribution in [0.2, 0.25) is 0 Å². The van der Waals surface area contributed by atoms with Gasteiger partial charge in [-0.15, -0.1) is 0 Å². The Hall–Kier alpha value is 0.400. The molecule has 0 N–H and O–H groups in total. The van der Waals surface area contributed by atoms with Gasteiger partial charge in [0.05, 0.1) is 12.2 Å². The molecule has 0 fully saturated rings. The molecule has 0 aliphatic carbocycles. The number of ether oxygens (including phenoxy) is 2. The fourth-order valence-electron chi connectivity index (χ4n) is 1.45. The Labute approximate surface area is 171 Å². The van der Waals surface area contributed by atoms with E-state index in [0.717, 1.165) is 11.5 Å². The zero-order valence-corrected chi connectivity index (χ0v) is 19.0. The van der Waals surface area contributed by atoms with Crippen molar-refractivity contribution in [3.63, 3.8) is 0 Å². The largest absolute Gasteiger partial charge is 0.475 e. The van der Waals surface area contributed by atoms with Crippen LogP contribution in [0.3, 0.4) is 0 Å². The van der Waals surface area contributed by atoms with E-state index in [-0.39, 0.29) is 12.2 Å². The quantitative estimate of drug-likeness (QED) is 0.319. The molecule has 134 valence electrons. The average molecular weight is 439 g/mol. The Bertz CT molecular complexity index is 469. The van der Waals surface area contributed by atoms with Crippen LogP contribution in [0.15, 0.2) is 24.3 Å². The van der Waals surface area contributed by atoms with Crippen molar-refractivity contribution < 1.29 is 9.47 Å². The maximum Gasteiger partial charge on any atom is 0.231 e. The zero-order valence-electron chi connectivity index (χ0n) is 14.1. The van der Waals surface area contributed by atoms with Crippen molar-refractivity contribution in [2.75, 3.05) is 0 Å². The Kier molecular flexibility index (Phi) is 11.9. The van der Waals surface area contributed by atoms with Crippen LogP contribution in [0.1, 0.15) is 38.8 Å². The van der Waals surface area contributed by atoms with Gasteiger partial charge in [0.2, 0.25) is 8.77 Å². The SMILES string of the molecule is CC(C)OC(=S)SSCc1ccc(CSSC(=S)OC(C)C)cc1. The van der Waals surface area contributed by atoms with Crippen LogP contribution >= 0.6 is 67.6 Å². The molecular formula is C16H22O2S6. The van der Waals surface area contributed by atoms with Gasteiger partial charge in [0.25, 0.3) is 0 Å². The highest BCUT2D eigenvalue weighted by Gasteiger charge is 2.05. The fourth-order valence-corrected chi connectivity index (χ4v) is 6.11. The molecule has 0 aliphatic heterocycles. The standard InChI is InChI=1S/C16H22O2S6/c1-11(2)17-15(19)23-21-9-13-5-7-14(8-6-13)10-22-24-16(20)18-12(3)4/h5-8,11-12H,9-10H2,1-4H3. The second kappa shape index (κ2) is 12.7. The van der Waals surface area contributed by atoms with Gasteiger partial charge in [0.1, 0.15) is 0 Å². The minimum atomic E-state index is 0.138. The summed E-state index contributed by atoms with van der Waals surface area (Å²) in [4.78, 5) is 0. The smallest absolute Gasteiger partial charge is 0.231 e. The maximum absolute atomic E-state index is 5.44. The second-order valence-electron chi connectivity index (χ2n) is 5.34. The first kappa shape index (κ1) is 22.4. The van der Waals surface area contributed by atoms with E-state index in [0.29, 0.717) is 8.77 Å². The van der Waals surface area contributed by atoms with Crippen molar-refractivity contribution in [3.05, 3.63) is 35.4 Å². The molecule has 0 aliphatic rings. The van der Waals surface area contributed by atoms with Crippen molar-refractivity contribution in [3.8, 4) is 0 Å².